The summed E-state index contributed by atoms with van der Waals surface area (Å²) >= 11 is 3.30. The fourth-order valence-electron chi connectivity index (χ4n) is 0.681. The first-order valence-corrected chi connectivity index (χ1v) is 5.59. The van der Waals surface area contributed by atoms with Crippen molar-refractivity contribution in [1.29, 1.82) is 0 Å². The highest BCUT2D eigenvalue weighted by Crippen LogP contribution is 2.22. The number of carbonyl (C=O) groups excluding carboxylic acids is 1. The third kappa shape index (κ3) is 3.36. The topological polar surface area (TPSA) is 30.0 Å². The molecule has 0 unspecified atom stereocenters. The Labute approximate surface area is 80.4 Å². The third-order valence-corrected chi connectivity index (χ3v) is 3.42. The molecular formula is C8H11NOS2. The summed E-state index contributed by atoms with van der Waals surface area (Å²) in [7, 11) is 0. The first kappa shape index (κ1) is 9.74. The number of rotatable bonds is 4. The van der Waals surface area contributed by atoms with Crippen molar-refractivity contribution in [3.63, 3.8) is 0 Å². The summed E-state index contributed by atoms with van der Waals surface area (Å²) in [6.07, 6.45) is 0.642. The van der Waals surface area contributed by atoms with Crippen molar-refractivity contribution in [2.75, 3.05) is 5.75 Å². The van der Waals surface area contributed by atoms with Crippen LogP contribution in [-0.4, -0.2) is 16.5 Å². The lowest BCUT2D eigenvalue weighted by molar-refractivity contribution is -0.116. The van der Waals surface area contributed by atoms with Crippen molar-refractivity contribution in [2.24, 2.45) is 0 Å². The monoisotopic (exact) mass is 201 g/mol. The molecule has 1 heterocycles. The number of Topliss-reactive ketones (excluding diaryl/α,β-unsaturated/α-hetero) is 1. The standard InChI is InChI=1S/C8H11NOS2/c1-6-5-12-8(9-6)11-4-3-7(2)10/h5H,3-4H2,1-2H3. The summed E-state index contributed by atoms with van der Waals surface area (Å²) in [5.74, 6) is 1.10. The minimum absolute atomic E-state index is 0.246. The first-order valence-electron chi connectivity index (χ1n) is 3.73. The number of aryl methyl sites for hydroxylation is 1. The van der Waals surface area contributed by atoms with E-state index in [1.807, 2.05) is 12.3 Å². The number of ketones is 1. The molecule has 0 amide bonds. The van der Waals surface area contributed by atoms with Gasteiger partial charge in [0.1, 0.15) is 10.1 Å². The Bertz CT molecular complexity index is 270. The zero-order valence-corrected chi connectivity index (χ0v) is 8.80. The molecular weight excluding hydrogens is 190 g/mol. The van der Waals surface area contributed by atoms with Crippen molar-refractivity contribution in [2.45, 2.75) is 24.6 Å². The van der Waals surface area contributed by atoms with Crippen LogP contribution in [0.15, 0.2) is 9.72 Å². The first-order chi connectivity index (χ1) is 5.68. The summed E-state index contributed by atoms with van der Waals surface area (Å²) in [5.41, 5.74) is 1.06. The Morgan fingerprint density at radius 2 is 2.50 bits per heavy atom. The SMILES string of the molecule is CC(=O)CCSc1nc(C)cs1. The lowest BCUT2D eigenvalue weighted by atomic mass is 10.4. The molecule has 0 aliphatic rings. The molecule has 4 heteroatoms. The van der Waals surface area contributed by atoms with Gasteiger partial charge in [-0.2, -0.15) is 0 Å². The second-order valence-corrected chi connectivity index (χ2v) is 4.76. The predicted molar refractivity (Wildman–Crippen MR) is 52.9 cm³/mol. The molecule has 1 aromatic rings. The van der Waals surface area contributed by atoms with Gasteiger partial charge >= 0.3 is 0 Å². The number of hydrogen-bond acceptors (Lipinski definition) is 4. The van der Waals surface area contributed by atoms with Crippen LogP contribution >= 0.6 is 23.1 Å². The highest BCUT2D eigenvalue weighted by Gasteiger charge is 1.99. The molecule has 12 heavy (non-hydrogen) atoms. The molecule has 0 N–H and O–H groups in total. The molecule has 0 saturated heterocycles. The van der Waals surface area contributed by atoms with Crippen LogP contribution in [0.2, 0.25) is 0 Å². The number of aromatic nitrogens is 1. The average molecular weight is 201 g/mol. The number of thioether (sulfide) groups is 1. The zero-order valence-electron chi connectivity index (χ0n) is 7.16. The van der Waals surface area contributed by atoms with E-state index in [9.17, 15) is 4.79 Å². The summed E-state index contributed by atoms with van der Waals surface area (Å²) in [5, 5.41) is 2.02. The quantitative estimate of drug-likeness (QED) is 0.701. The van der Waals surface area contributed by atoms with E-state index >= 15 is 0 Å². The number of nitrogens with zero attached hydrogens (tertiary/aromatic N) is 1. The molecule has 0 radical (unpaired) electrons. The van der Waals surface area contributed by atoms with Crippen LogP contribution < -0.4 is 0 Å². The van der Waals surface area contributed by atoms with E-state index in [0.29, 0.717) is 6.42 Å². The van der Waals surface area contributed by atoms with Gasteiger partial charge in [-0.3, -0.25) is 4.79 Å². The van der Waals surface area contributed by atoms with Gasteiger partial charge in [0.25, 0.3) is 0 Å². The maximum atomic E-state index is 10.6. The van der Waals surface area contributed by atoms with Gasteiger partial charge in [-0.05, 0) is 13.8 Å². The Kier molecular flexibility index (Phi) is 3.75. The summed E-state index contributed by atoms with van der Waals surface area (Å²) in [6.45, 7) is 3.60. The van der Waals surface area contributed by atoms with Crippen LogP contribution in [0.4, 0.5) is 0 Å². The summed E-state index contributed by atoms with van der Waals surface area (Å²) in [6, 6.07) is 0. The maximum Gasteiger partial charge on any atom is 0.150 e. The van der Waals surface area contributed by atoms with Crippen LogP contribution in [-0.2, 0) is 4.79 Å². The van der Waals surface area contributed by atoms with Crippen molar-refractivity contribution in [3.8, 4) is 0 Å². The molecule has 0 saturated carbocycles. The smallest absolute Gasteiger partial charge is 0.150 e. The van der Waals surface area contributed by atoms with Gasteiger partial charge < -0.3 is 0 Å². The maximum absolute atomic E-state index is 10.6. The van der Waals surface area contributed by atoms with E-state index in [0.717, 1.165) is 15.8 Å². The molecule has 0 aromatic carbocycles. The third-order valence-electron chi connectivity index (χ3n) is 1.28. The van der Waals surface area contributed by atoms with Crippen LogP contribution in [0.3, 0.4) is 0 Å². The van der Waals surface area contributed by atoms with E-state index in [-0.39, 0.29) is 5.78 Å². The average Bonchev–Trinajstić information content (AvgIpc) is 2.35. The number of hydrogen-bond donors (Lipinski definition) is 0. The van der Waals surface area contributed by atoms with Gasteiger partial charge in [0.05, 0.1) is 0 Å². The van der Waals surface area contributed by atoms with Gasteiger partial charge in [-0.15, -0.1) is 11.3 Å². The van der Waals surface area contributed by atoms with E-state index < -0.39 is 0 Å². The van der Waals surface area contributed by atoms with Crippen LogP contribution in [0.5, 0.6) is 0 Å². The molecule has 0 aliphatic heterocycles. The largest absolute Gasteiger partial charge is 0.300 e. The van der Waals surface area contributed by atoms with E-state index in [1.54, 1.807) is 30.0 Å². The second-order valence-electron chi connectivity index (χ2n) is 2.56. The Morgan fingerprint density at radius 1 is 1.75 bits per heavy atom. The molecule has 0 fully saturated rings. The summed E-state index contributed by atoms with van der Waals surface area (Å²) in [4.78, 5) is 14.9. The molecule has 1 aromatic heterocycles. The predicted octanol–water partition coefficient (Wildman–Crippen LogP) is 2.52. The minimum Gasteiger partial charge on any atom is -0.300 e. The molecule has 0 atom stereocenters. The van der Waals surface area contributed by atoms with Crippen LogP contribution in [0.25, 0.3) is 0 Å². The van der Waals surface area contributed by atoms with E-state index in [1.165, 1.54) is 0 Å². The van der Waals surface area contributed by atoms with E-state index in [4.69, 9.17) is 0 Å². The molecule has 0 spiro atoms. The minimum atomic E-state index is 0.246. The molecule has 2 nitrogen and oxygen atoms in total. The van der Waals surface area contributed by atoms with Gasteiger partial charge in [0, 0.05) is 23.2 Å². The number of carbonyl (C=O) groups is 1. The fraction of sp³-hybridized carbons (Fsp3) is 0.500. The molecule has 66 valence electrons. The molecule has 1 rings (SSSR count). The zero-order chi connectivity index (χ0) is 8.97. The van der Waals surface area contributed by atoms with Crippen LogP contribution in [0.1, 0.15) is 19.0 Å². The van der Waals surface area contributed by atoms with Crippen molar-refractivity contribution >= 4 is 28.9 Å². The number of thiazole rings is 1. The highest BCUT2D eigenvalue weighted by atomic mass is 32.2. The Morgan fingerprint density at radius 3 is 3.00 bits per heavy atom. The lowest BCUT2D eigenvalue weighted by Gasteiger charge is -1.92. The van der Waals surface area contributed by atoms with Gasteiger partial charge in [-0.1, -0.05) is 11.8 Å². The lowest BCUT2D eigenvalue weighted by Crippen LogP contribution is -1.91. The van der Waals surface area contributed by atoms with Crippen molar-refractivity contribution in [1.82, 2.24) is 4.98 Å². The van der Waals surface area contributed by atoms with Gasteiger partial charge in [-0.25, -0.2) is 4.98 Å². The highest BCUT2D eigenvalue weighted by molar-refractivity contribution is 8.01. The van der Waals surface area contributed by atoms with Crippen molar-refractivity contribution < 1.29 is 4.79 Å². The Hall–Kier alpha value is -0.350. The van der Waals surface area contributed by atoms with Gasteiger partial charge in [0.2, 0.25) is 0 Å². The van der Waals surface area contributed by atoms with Crippen molar-refractivity contribution in [3.05, 3.63) is 11.1 Å². The summed E-state index contributed by atoms with van der Waals surface area (Å²) < 4.78 is 1.06. The Balaban J connectivity index is 2.29. The molecule has 0 bridgehead atoms. The second kappa shape index (κ2) is 4.62. The van der Waals surface area contributed by atoms with Gasteiger partial charge in [0.15, 0.2) is 0 Å². The molecule has 0 aliphatic carbocycles. The van der Waals surface area contributed by atoms with E-state index in [2.05, 4.69) is 4.98 Å². The normalized spacial score (nSPS) is 10.2. The van der Waals surface area contributed by atoms with Crippen LogP contribution in [0, 0.1) is 6.92 Å². The fourth-order valence-corrected chi connectivity index (χ4v) is 2.64.